The Bertz CT molecular complexity index is 610. The summed E-state index contributed by atoms with van der Waals surface area (Å²) in [6.45, 7) is 11.4. The maximum Gasteiger partial charge on any atom is 0.407 e. The summed E-state index contributed by atoms with van der Waals surface area (Å²) in [6, 6.07) is 0. The maximum atomic E-state index is 12.1. The molecule has 0 aromatic carbocycles. The highest BCUT2D eigenvalue weighted by molar-refractivity contribution is 6.02. The predicted octanol–water partition coefficient (Wildman–Crippen LogP) is 3.52. The van der Waals surface area contributed by atoms with E-state index < -0.39 is 28.9 Å². The largest absolute Gasteiger partial charge is 0.560 e. The van der Waals surface area contributed by atoms with Gasteiger partial charge in [-0.25, -0.2) is 9.59 Å². The Morgan fingerprint density at radius 1 is 0.909 bits per heavy atom. The SMILES string of the molecule is [B]OC=NCCCC(CCCNC(=O)OC(C)(C)C)(CCCNC(=O)OC(C)(C)C)[N+](=O)[O-]. The number of aliphatic imine (C=N–C) groups is 1. The number of ether oxygens (including phenoxy) is 2. The molecule has 0 aliphatic carbocycles. The van der Waals surface area contributed by atoms with Gasteiger partial charge in [-0.3, -0.25) is 15.1 Å². The molecular formula is C21H39BN4O7. The lowest BCUT2D eigenvalue weighted by Gasteiger charge is -2.26. The highest BCUT2D eigenvalue weighted by Gasteiger charge is 2.41. The molecule has 0 unspecified atom stereocenters. The van der Waals surface area contributed by atoms with E-state index >= 15 is 0 Å². The van der Waals surface area contributed by atoms with Gasteiger partial charge in [-0.05, 0) is 60.8 Å². The lowest BCUT2D eigenvalue weighted by molar-refractivity contribution is -0.574. The van der Waals surface area contributed by atoms with Gasteiger partial charge in [0.2, 0.25) is 5.54 Å². The molecular weight excluding hydrogens is 431 g/mol. The van der Waals surface area contributed by atoms with Gasteiger partial charge in [0.05, 0.1) is 0 Å². The van der Waals surface area contributed by atoms with Crippen molar-refractivity contribution in [3.63, 3.8) is 0 Å². The molecule has 0 saturated carbocycles. The van der Waals surface area contributed by atoms with Crippen molar-refractivity contribution in [1.29, 1.82) is 0 Å². The Hall–Kier alpha value is -2.53. The van der Waals surface area contributed by atoms with Crippen LogP contribution in [0.1, 0.15) is 80.1 Å². The summed E-state index contributed by atoms with van der Waals surface area (Å²) in [4.78, 5) is 39.3. The molecule has 0 aromatic rings. The van der Waals surface area contributed by atoms with E-state index in [2.05, 4.69) is 20.3 Å². The molecule has 0 aromatic heterocycles. The second-order valence-electron chi connectivity index (χ2n) is 9.80. The number of nitrogens with zero attached hydrogens (tertiary/aromatic N) is 2. The number of alkyl carbamates (subject to hydrolysis) is 2. The molecule has 0 atom stereocenters. The zero-order chi connectivity index (χ0) is 25.5. The van der Waals surface area contributed by atoms with E-state index in [1.807, 2.05) is 0 Å². The highest BCUT2D eigenvalue weighted by atomic mass is 16.6. The summed E-state index contributed by atoms with van der Waals surface area (Å²) < 4.78 is 14.6. The van der Waals surface area contributed by atoms with Gasteiger partial charge in [0.1, 0.15) is 17.6 Å². The molecule has 188 valence electrons. The van der Waals surface area contributed by atoms with Crippen LogP contribution in [0.4, 0.5) is 9.59 Å². The molecule has 11 nitrogen and oxygen atoms in total. The monoisotopic (exact) mass is 470 g/mol. The van der Waals surface area contributed by atoms with Crippen molar-refractivity contribution >= 4 is 26.6 Å². The highest BCUT2D eigenvalue weighted by Crippen LogP contribution is 2.29. The minimum Gasteiger partial charge on any atom is -0.560 e. The third kappa shape index (κ3) is 15.8. The molecule has 2 radical (unpaired) electrons. The van der Waals surface area contributed by atoms with E-state index in [0.29, 0.717) is 25.8 Å². The molecule has 0 fully saturated rings. The second-order valence-corrected chi connectivity index (χ2v) is 9.80. The van der Waals surface area contributed by atoms with E-state index in [1.165, 1.54) is 0 Å². The lowest BCUT2D eigenvalue weighted by atomic mass is 9.84. The average molecular weight is 470 g/mol. The zero-order valence-corrected chi connectivity index (χ0v) is 20.8. The fourth-order valence-electron chi connectivity index (χ4n) is 3.09. The van der Waals surface area contributed by atoms with Crippen LogP contribution in [-0.2, 0) is 14.1 Å². The Balaban J connectivity index is 4.90. The van der Waals surface area contributed by atoms with Crippen molar-refractivity contribution in [2.24, 2.45) is 4.99 Å². The maximum absolute atomic E-state index is 12.1. The van der Waals surface area contributed by atoms with Gasteiger partial charge in [-0.15, -0.1) is 0 Å². The van der Waals surface area contributed by atoms with Crippen LogP contribution in [0.25, 0.3) is 0 Å². The number of hydrogen-bond acceptors (Lipinski definition) is 8. The summed E-state index contributed by atoms with van der Waals surface area (Å²) >= 11 is 0. The molecule has 0 aliphatic heterocycles. The Morgan fingerprint density at radius 3 is 1.70 bits per heavy atom. The average Bonchev–Trinajstić information content (AvgIpc) is 2.64. The van der Waals surface area contributed by atoms with E-state index in [1.54, 1.807) is 41.5 Å². The van der Waals surface area contributed by atoms with Crippen molar-refractivity contribution in [2.45, 2.75) is 96.8 Å². The van der Waals surface area contributed by atoms with Crippen LogP contribution in [-0.4, -0.2) is 67.9 Å². The minimum atomic E-state index is -1.22. The Kier molecular flexibility index (Phi) is 13.5. The van der Waals surface area contributed by atoms with Gasteiger partial charge in [0.25, 0.3) is 0 Å². The van der Waals surface area contributed by atoms with E-state index in [0.717, 1.165) is 6.40 Å². The number of nitrogens with one attached hydrogen (secondary N) is 2. The van der Waals surface area contributed by atoms with Crippen LogP contribution in [0.5, 0.6) is 0 Å². The van der Waals surface area contributed by atoms with Crippen LogP contribution in [0.2, 0.25) is 0 Å². The molecule has 0 heterocycles. The van der Waals surface area contributed by atoms with E-state index in [-0.39, 0.29) is 37.3 Å². The fourth-order valence-corrected chi connectivity index (χ4v) is 3.09. The fraction of sp³-hybridized carbons (Fsp3) is 0.857. The quantitative estimate of drug-likeness (QED) is 0.0988. The number of amides is 2. The standard InChI is InChI=1S/C21H39BN4O7/c1-19(2,3)32-17(27)24-14-8-11-21(26(29)30,10-7-13-23-16-31-22)12-9-15-25-18(28)33-20(4,5)6/h16H,7-15H2,1-6H3,(H,24,27)(H,25,28). The minimum absolute atomic E-state index is 0.249. The number of hydrogen-bond donors (Lipinski definition) is 2. The normalized spacial score (nSPS) is 12.3. The molecule has 33 heavy (non-hydrogen) atoms. The van der Waals surface area contributed by atoms with Crippen molar-refractivity contribution < 1.29 is 28.6 Å². The first-order chi connectivity index (χ1) is 15.2. The molecule has 2 amide bonds. The van der Waals surface area contributed by atoms with Crippen LogP contribution in [0.3, 0.4) is 0 Å². The van der Waals surface area contributed by atoms with E-state index in [4.69, 9.17) is 17.5 Å². The topological polar surface area (TPSA) is 141 Å². The summed E-state index contributed by atoms with van der Waals surface area (Å²) in [7, 11) is 4.89. The Morgan fingerprint density at radius 2 is 1.33 bits per heavy atom. The second kappa shape index (κ2) is 14.6. The molecule has 2 N–H and O–H groups in total. The van der Waals surface area contributed by atoms with Gasteiger partial charge in [-0.2, -0.15) is 0 Å². The third-order valence-electron chi connectivity index (χ3n) is 4.43. The van der Waals surface area contributed by atoms with Crippen LogP contribution >= 0.6 is 0 Å². The Labute approximate surface area is 198 Å². The molecule has 0 rings (SSSR count). The first kappa shape index (κ1) is 30.5. The first-order valence-electron chi connectivity index (χ1n) is 11.1. The summed E-state index contributed by atoms with van der Waals surface area (Å²) in [5, 5.41) is 17.3. The number of nitro groups is 1. The number of carbonyl (C=O) groups excluding carboxylic acids is 2. The first-order valence-corrected chi connectivity index (χ1v) is 11.1. The van der Waals surface area contributed by atoms with Crippen molar-refractivity contribution in [3.05, 3.63) is 10.1 Å². The summed E-state index contributed by atoms with van der Waals surface area (Å²) in [5.74, 6) is 0. The molecule has 0 spiro atoms. The van der Waals surface area contributed by atoms with Gasteiger partial charge in [0, 0.05) is 43.8 Å². The third-order valence-corrected chi connectivity index (χ3v) is 4.43. The van der Waals surface area contributed by atoms with Crippen LogP contribution in [0, 0.1) is 10.1 Å². The van der Waals surface area contributed by atoms with Gasteiger partial charge >= 0.3 is 20.2 Å². The predicted molar refractivity (Wildman–Crippen MR) is 126 cm³/mol. The van der Waals surface area contributed by atoms with Crippen molar-refractivity contribution in [3.8, 4) is 0 Å². The number of carbonyl (C=O) groups is 2. The van der Waals surface area contributed by atoms with Gasteiger partial charge < -0.3 is 24.8 Å². The lowest BCUT2D eigenvalue weighted by Crippen LogP contribution is -2.41. The van der Waals surface area contributed by atoms with Crippen molar-refractivity contribution in [2.75, 3.05) is 19.6 Å². The molecule has 0 aliphatic rings. The molecule has 0 saturated heterocycles. The smallest absolute Gasteiger partial charge is 0.407 e. The molecule has 0 bridgehead atoms. The number of rotatable bonds is 14. The summed E-state index contributed by atoms with van der Waals surface area (Å²) in [5.41, 5.74) is -2.46. The van der Waals surface area contributed by atoms with Crippen molar-refractivity contribution in [1.82, 2.24) is 10.6 Å². The van der Waals surface area contributed by atoms with Gasteiger partial charge in [0.15, 0.2) is 0 Å². The van der Waals surface area contributed by atoms with E-state index in [9.17, 15) is 19.7 Å². The van der Waals surface area contributed by atoms with Gasteiger partial charge in [-0.1, -0.05) is 0 Å². The van der Waals surface area contributed by atoms with Crippen LogP contribution < -0.4 is 10.6 Å². The molecule has 12 heteroatoms. The summed E-state index contributed by atoms with van der Waals surface area (Å²) in [6.07, 6.45) is 1.99. The van der Waals surface area contributed by atoms with Crippen LogP contribution in [0.15, 0.2) is 4.99 Å². The zero-order valence-electron chi connectivity index (χ0n) is 20.8.